The van der Waals surface area contributed by atoms with E-state index in [1.165, 1.54) is 17.0 Å². The smallest absolute Gasteiger partial charge is 0.298 e. The number of carbonyl (C=O) groups excluding carboxylic acids is 2. The van der Waals surface area contributed by atoms with Crippen LogP contribution in [0.2, 0.25) is 0 Å². The Labute approximate surface area is 240 Å². The van der Waals surface area contributed by atoms with Gasteiger partial charge in [0.05, 0.1) is 40.3 Å². The molecule has 2 aliphatic rings. The molecule has 3 aromatic rings. The molecule has 224 valence electrons. The zero-order valence-electron chi connectivity index (χ0n) is 22.3. The van der Waals surface area contributed by atoms with E-state index in [1.54, 1.807) is 18.2 Å². The van der Waals surface area contributed by atoms with E-state index in [-0.39, 0.29) is 29.1 Å². The van der Waals surface area contributed by atoms with Crippen LogP contribution >= 0.6 is 11.8 Å². The van der Waals surface area contributed by atoms with E-state index in [2.05, 4.69) is 5.10 Å². The highest BCUT2D eigenvalue weighted by Gasteiger charge is 2.45. The molecular formula is C28H25F7N4O2S. The highest BCUT2D eigenvalue weighted by molar-refractivity contribution is 8.18. The van der Waals surface area contributed by atoms with Gasteiger partial charge in [0.2, 0.25) is 0 Å². The van der Waals surface area contributed by atoms with Gasteiger partial charge in [-0.1, -0.05) is 12.1 Å². The highest BCUT2D eigenvalue weighted by atomic mass is 32.2. The van der Waals surface area contributed by atoms with Gasteiger partial charge in [-0.25, -0.2) is 4.39 Å². The summed E-state index contributed by atoms with van der Waals surface area (Å²) in [4.78, 5) is 28.9. The molecule has 6 nitrogen and oxygen atoms in total. The highest BCUT2D eigenvalue weighted by Crippen LogP contribution is 2.39. The van der Waals surface area contributed by atoms with Gasteiger partial charge < -0.3 is 0 Å². The van der Waals surface area contributed by atoms with Crippen LogP contribution in [0.25, 0.3) is 17.0 Å². The Morgan fingerprint density at radius 3 is 2.43 bits per heavy atom. The third-order valence-corrected chi connectivity index (χ3v) is 8.33. The molecule has 2 aromatic carbocycles. The largest absolute Gasteiger partial charge is 0.416 e. The van der Waals surface area contributed by atoms with Gasteiger partial charge in [0.25, 0.3) is 11.1 Å². The van der Waals surface area contributed by atoms with Gasteiger partial charge in [0, 0.05) is 24.5 Å². The summed E-state index contributed by atoms with van der Waals surface area (Å²) in [6.07, 6.45) is -8.13. The minimum atomic E-state index is -5.01. The first-order valence-electron chi connectivity index (χ1n) is 13.0. The van der Waals surface area contributed by atoms with Crippen molar-refractivity contribution < 1.29 is 40.3 Å². The lowest BCUT2D eigenvalue weighted by Crippen LogP contribution is -2.55. The van der Waals surface area contributed by atoms with Crippen LogP contribution in [0.15, 0.2) is 47.5 Å². The zero-order valence-corrected chi connectivity index (χ0v) is 23.2. The number of alkyl halides is 7. The fourth-order valence-electron chi connectivity index (χ4n) is 5.23. The quantitative estimate of drug-likeness (QED) is 0.229. The van der Waals surface area contributed by atoms with Crippen LogP contribution in [0.4, 0.5) is 35.5 Å². The molecule has 5 rings (SSSR count). The van der Waals surface area contributed by atoms with Crippen molar-refractivity contribution in [3.8, 4) is 0 Å². The van der Waals surface area contributed by atoms with Gasteiger partial charge in [-0.2, -0.15) is 31.4 Å². The summed E-state index contributed by atoms with van der Waals surface area (Å²) < 4.78 is 96.1. The van der Waals surface area contributed by atoms with Crippen LogP contribution < -0.4 is 0 Å². The average Bonchev–Trinajstić information content (AvgIpc) is 3.42. The van der Waals surface area contributed by atoms with E-state index < -0.39 is 53.4 Å². The number of benzene rings is 2. The number of carbonyl (C=O) groups is 2. The van der Waals surface area contributed by atoms with Gasteiger partial charge in [-0.15, -0.1) is 0 Å². The zero-order chi connectivity index (χ0) is 30.6. The Hall–Kier alpha value is -3.39. The van der Waals surface area contributed by atoms with E-state index in [9.17, 15) is 40.3 Å². The maximum atomic E-state index is 15.0. The number of imide groups is 1. The number of thioether (sulfide) groups is 1. The van der Waals surface area contributed by atoms with Crippen molar-refractivity contribution in [1.29, 1.82) is 0 Å². The maximum absolute atomic E-state index is 15.0. The molecule has 42 heavy (non-hydrogen) atoms. The summed E-state index contributed by atoms with van der Waals surface area (Å²) in [5.74, 6) is -0.589. The van der Waals surface area contributed by atoms with E-state index >= 15 is 0 Å². The van der Waals surface area contributed by atoms with Gasteiger partial charge in [0.1, 0.15) is 6.17 Å². The summed E-state index contributed by atoms with van der Waals surface area (Å²) in [6.45, 7) is 4.15. The summed E-state index contributed by atoms with van der Waals surface area (Å²) in [5, 5.41) is 4.05. The molecule has 2 atom stereocenters. The Morgan fingerprint density at radius 1 is 1.05 bits per heavy atom. The fourth-order valence-corrected chi connectivity index (χ4v) is 6.12. The summed E-state index contributed by atoms with van der Waals surface area (Å²) >= 11 is 0.709. The molecule has 3 heterocycles. The average molecular weight is 615 g/mol. The van der Waals surface area contributed by atoms with E-state index in [1.807, 2.05) is 18.7 Å². The van der Waals surface area contributed by atoms with Crippen molar-refractivity contribution in [3.05, 3.63) is 69.8 Å². The second-order valence-corrected chi connectivity index (χ2v) is 11.5. The lowest BCUT2D eigenvalue weighted by atomic mass is 10.00. The predicted octanol–water partition coefficient (Wildman–Crippen LogP) is 6.98. The Morgan fingerprint density at radius 2 is 1.79 bits per heavy atom. The molecule has 0 spiro atoms. The second kappa shape index (κ2) is 11.0. The minimum absolute atomic E-state index is 0.0882. The SMILES string of the molecule is CC(C)N1CCC(N2C(=O)S/C(=C\c3ccc4c(cnn4Cc4ccc(C(F)(F)F)cc4C(F)(F)F)c3)C2=O)C(F)C1. The van der Waals surface area contributed by atoms with Crippen LogP contribution in [0.3, 0.4) is 0 Å². The standard InChI is InChI=1S/C28H25F7N4O2S/c1-15(2)37-8-7-23(21(29)14-37)39-25(40)24(42-26(39)41)10-16-3-6-22-18(9-16)12-36-38(22)13-17-4-5-19(27(30,31)32)11-20(17)28(33,34)35/h3-6,9-12,15,21,23H,7-8,13-14H2,1-2H3/b24-10-. The molecule has 0 N–H and O–H groups in total. The first-order valence-corrected chi connectivity index (χ1v) is 13.8. The molecule has 2 unspecified atom stereocenters. The normalized spacial score (nSPS) is 21.9. The number of hydrogen-bond donors (Lipinski definition) is 0. The molecule has 0 bridgehead atoms. The van der Waals surface area contributed by atoms with Crippen LogP contribution in [0.5, 0.6) is 0 Å². The second-order valence-electron chi connectivity index (χ2n) is 10.5. The van der Waals surface area contributed by atoms with E-state index in [0.717, 1.165) is 11.0 Å². The van der Waals surface area contributed by atoms with E-state index in [4.69, 9.17) is 0 Å². The van der Waals surface area contributed by atoms with Gasteiger partial charge in [0.15, 0.2) is 0 Å². The van der Waals surface area contributed by atoms with Crippen LogP contribution in [0, 0.1) is 0 Å². The number of aromatic nitrogens is 2. The van der Waals surface area contributed by atoms with Crippen molar-refractivity contribution in [1.82, 2.24) is 19.6 Å². The first kappa shape index (κ1) is 30.1. The number of fused-ring (bicyclic) bond motifs is 1. The number of nitrogens with zero attached hydrogens (tertiary/aromatic N) is 4. The molecule has 2 fully saturated rings. The molecule has 0 saturated carbocycles. The Kier molecular flexibility index (Phi) is 7.90. The molecule has 2 saturated heterocycles. The number of amides is 2. The van der Waals surface area contributed by atoms with Crippen LogP contribution in [-0.2, 0) is 23.7 Å². The van der Waals surface area contributed by atoms with Crippen LogP contribution in [0.1, 0.15) is 42.5 Å². The minimum Gasteiger partial charge on any atom is -0.298 e. The summed E-state index contributed by atoms with van der Waals surface area (Å²) in [5.41, 5.74) is -2.28. The topological polar surface area (TPSA) is 58.4 Å². The lowest BCUT2D eigenvalue weighted by molar-refractivity contribution is -0.143. The molecule has 0 aliphatic carbocycles. The van der Waals surface area contributed by atoms with Crippen molar-refractivity contribution in [3.63, 3.8) is 0 Å². The number of piperidine rings is 1. The fraction of sp³-hybridized carbons (Fsp3) is 0.393. The molecule has 1 aromatic heterocycles. The summed E-state index contributed by atoms with van der Waals surface area (Å²) in [6, 6.07) is 5.50. The number of rotatable bonds is 5. The third kappa shape index (κ3) is 5.91. The third-order valence-electron chi connectivity index (χ3n) is 7.45. The number of halogens is 7. The van der Waals surface area contributed by atoms with Gasteiger partial charge >= 0.3 is 12.4 Å². The van der Waals surface area contributed by atoms with Crippen LogP contribution in [-0.4, -0.2) is 62.1 Å². The number of likely N-dealkylation sites (tertiary alicyclic amines) is 1. The lowest BCUT2D eigenvalue weighted by Gasteiger charge is -2.39. The van der Waals surface area contributed by atoms with Crippen molar-refractivity contribution in [2.45, 2.75) is 57.4 Å². The van der Waals surface area contributed by atoms with Gasteiger partial charge in [-0.3, -0.25) is 24.1 Å². The maximum Gasteiger partial charge on any atom is 0.416 e. The van der Waals surface area contributed by atoms with Crippen molar-refractivity contribution in [2.75, 3.05) is 13.1 Å². The Bertz CT molecular complexity index is 1560. The van der Waals surface area contributed by atoms with Gasteiger partial charge in [-0.05, 0) is 73.5 Å². The molecule has 0 radical (unpaired) electrons. The molecule has 2 amide bonds. The first-order chi connectivity index (χ1) is 19.6. The predicted molar refractivity (Wildman–Crippen MR) is 143 cm³/mol. The molecule has 2 aliphatic heterocycles. The van der Waals surface area contributed by atoms with Crippen molar-refractivity contribution in [2.24, 2.45) is 0 Å². The summed E-state index contributed by atoms with van der Waals surface area (Å²) in [7, 11) is 0. The van der Waals surface area contributed by atoms with Crippen molar-refractivity contribution >= 4 is 39.9 Å². The molecular weight excluding hydrogens is 589 g/mol. The Balaban J connectivity index is 1.37. The molecule has 14 heteroatoms. The monoisotopic (exact) mass is 614 g/mol. The number of hydrogen-bond acceptors (Lipinski definition) is 5. The van der Waals surface area contributed by atoms with E-state index in [0.29, 0.717) is 47.3 Å².